The second-order valence-corrected chi connectivity index (χ2v) is 2.02. The van der Waals surface area contributed by atoms with Gasteiger partial charge in [-0.15, -0.1) is 4.91 Å². The average Bonchev–Trinajstić information content (AvgIpc) is 1.93. The van der Waals surface area contributed by atoms with Gasteiger partial charge in [0.25, 0.3) is 11.2 Å². The summed E-state index contributed by atoms with van der Waals surface area (Å²) >= 11 is 0. The van der Waals surface area contributed by atoms with E-state index in [-0.39, 0.29) is 22.6 Å². The Bertz CT molecular complexity index is 400. The van der Waals surface area contributed by atoms with Crippen LogP contribution in [0.4, 0.5) is 5.69 Å². The van der Waals surface area contributed by atoms with Crippen LogP contribution in [0, 0.1) is 4.91 Å². The van der Waals surface area contributed by atoms with Gasteiger partial charge in [-0.1, -0.05) is 0 Å². The first kappa shape index (κ1) is 5.96. The highest BCUT2D eigenvalue weighted by Crippen LogP contribution is 2.35. The van der Waals surface area contributed by atoms with E-state index >= 15 is 0 Å². The molecular formula is C6H3NO4. The SMILES string of the molecule is O=Nc1ccc(O)c2ooc12. The van der Waals surface area contributed by atoms with Crippen molar-refractivity contribution in [3.8, 4) is 5.75 Å². The van der Waals surface area contributed by atoms with Gasteiger partial charge >= 0.3 is 0 Å². The fourth-order valence-corrected chi connectivity index (χ4v) is 0.824. The summed E-state index contributed by atoms with van der Waals surface area (Å²) in [4.78, 5) is 10.1. The van der Waals surface area contributed by atoms with E-state index in [4.69, 9.17) is 5.11 Å². The van der Waals surface area contributed by atoms with Gasteiger partial charge in [0.05, 0.1) is 0 Å². The molecule has 0 unspecified atom stereocenters. The van der Waals surface area contributed by atoms with Crippen molar-refractivity contribution in [3.05, 3.63) is 17.0 Å². The fraction of sp³-hybridized carbons (Fsp3) is 0. The van der Waals surface area contributed by atoms with Gasteiger partial charge in [-0.2, -0.15) is 0 Å². The fourth-order valence-electron chi connectivity index (χ4n) is 0.824. The number of aromatic hydroxyl groups is 1. The number of fused-ring (bicyclic) bond motifs is 1. The summed E-state index contributed by atoms with van der Waals surface area (Å²) < 4.78 is 8.83. The van der Waals surface area contributed by atoms with Gasteiger partial charge < -0.3 is 5.11 Å². The minimum atomic E-state index is -0.0568. The highest BCUT2D eigenvalue weighted by Gasteiger charge is 2.15. The predicted molar refractivity (Wildman–Crippen MR) is 35.6 cm³/mol. The van der Waals surface area contributed by atoms with Crippen LogP contribution < -0.4 is 0 Å². The molecular weight excluding hydrogens is 150 g/mol. The first-order chi connectivity index (χ1) is 5.33. The molecule has 1 N–H and O–H groups in total. The third-order valence-electron chi connectivity index (χ3n) is 1.38. The molecule has 0 aliphatic heterocycles. The molecule has 56 valence electrons. The van der Waals surface area contributed by atoms with Crippen LogP contribution in [0.1, 0.15) is 0 Å². The Labute approximate surface area is 60.1 Å². The van der Waals surface area contributed by atoms with Crippen LogP contribution in [0.3, 0.4) is 0 Å². The van der Waals surface area contributed by atoms with Crippen molar-refractivity contribution < 1.29 is 14.3 Å². The summed E-state index contributed by atoms with van der Waals surface area (Å²) in [6, 6.07) is 2.67. The van der Waals surface area contributed by atoms with E-state index in [0.717, 1.165) is 0 Å². The molecule has 1 aromatic carbocycles. The van der Waals surface area contributed by atoms with E-state index in [1.165, 1.54) is 12.1 Å². The van der Waals surface area contributed by atoms with Gasteiger partial charge in [-0.05, 0) is 17.3 Å². The molecule has 5 heteroatoms. The van der Waals surface area contributed by atoms with Crippen molar-refractivity contribution in [1.82, 2.24) is 0 Å². The van der Waals surface area contributed by atoms with Crippen molar-refractivity contribution in [2.24, 2.45) is 5.18 Å². The van der Waals surface area contributed by atoms with Gasteiger partial charge in [0.15, 0.2) is 11.4 Å². The highest BCUT2D eigenvalue weighted by molar-refractivity contribution is 5.87. The molecule has 0 radical (unpaired) electrons. The molecule has 0 bridgehead atoms. The molecule has 0 fully saturated rings. The molecule has 2 rings (SSSR count). The third-order valence-corrected chi connectivity index (χ3v) is 1.38. The monoisotopic (exact) mass is 153 g/mol. The molecule has 0 saturated heterocycles. The maximum atomic E-state index is 10.1. The molecule has 0 aliphatic carbocycles. The molecule has 0 amide bonds. The van der Waals surface area contributed by atoms with Gasteiger partial charge in [-0.3, -0.25) is 9.15 Å². The summed E-state index contributed by atoms with van der Waals surface area (Å²) in [7, 11) is 0. The van der Waals surface area contributed by atoms with Gasteiger partial charge in [0.1, 0.15) is 0 Å². The normalized spacial score (nSPS) is 10.5. The molecule has 0 aliphatic rings. The number of nitrogens with zero attached hydrogens (tertiary/aromatic N) is 1. The average molecular weight is 153 g/mol. The molecule has 1 aromatic heterocycles. The number of hydrogen-bond donors (Lipinski definition) is 1. The molecule has 5 nitrogen and oxygen atoms in total. The molecule has 0 atom stereocenters. The van der Waals surface area contributed by atoms with Gasteiger partial charge in [0, 0.05) is 0 Å². The Hall–Kier alpha value is -1.78. The van der Waals surface area contributed by atoms with Crippen molar-refractivity contribution in [2.45, 2.75) is 0 Å². The van der Waals surface area contributed by atoms with E-state index < -0.39 is 0 Å². The molecule has 2 aromatic rings. The van der Waals surface area contributed by atoms with Gasteiger partial charge in [0.2, 0.25) is 0 Å². The molecule has 0 saturated carbocycles. The lowest BCUT2D eigenvalue weighted by Gasteiger charge is -1.99. The Balaban J connectivity index is 2.79. The van der Waals surface area contributed by atoms with Crippen molar-refractivity contribution in [3.63, 3.8) is 0 Å². The number of nitroso groups, excluding NO2 is 1. The Morgan fingerprint density at radius 2 is 2.00 bits per heavy atom. The summed E-state index contributed by atoms with van der Waals surface area (Å²) in [5, 5.41) is 11.7. The zero-order valence-corrected chi connectivity index (χ0v) is 5.27. The zero-order valence-electron chi connectivity index (χ0n) is 5.27. The second-order valence-electron chi connectivity index (χ2n) is 2.02. The largest absolute Gasteiger partial charge is 0.504 e. The lowest BCUT2D eigenvalue weighted by molar-refractivity contribution is 0.0571. The van der Waals surface area contributed by atoms with Crippen molar-refractivity contribution >= 4 is 16.9 Å². The van der Waals surface area contributed by atoms with E-state index in [2.05, 4.69) is 14.3 Å². The zero-order chi connectivity index (χ0) is 7.84. The topological polar surface area (TPSA) is 75.9 Å². The summed E-state index contributed by atoms with van der Waals surface area (Å²) in [6.07, 6.45) is 0. The standard InChI is InChI=1S/C6H3NO4/c8-4-2-1-3(7-9)5-6(4)11-10-5/h1-2,8H. The second kappa shape index (κ2) is 1.85. The van der Waals surface area contributed by atoms with Crippen LogP contribution in [0.5, 0.6) is 5.75 Å². The summed E-state index contributed by atoms with van der Waals surface area (Å²) in [5.41, 5.74) is 0.492. The molecule has 11 heavy (non-hydrogen) atoms. The Kier molecular flexibility index (Phi) is 1.00. The van der Waals surface area contributed by atoms with E-state index in [1.807, 2.05) is 0 Å². The van der Waals surface area contributed by atoms with Crippen molar-refractivity contribution in [2.75, 3.05) is 0 Å². The lowest BCUT2D eigenvalue weighted by Crippen LogP contribution is -1.77. The predicted octanol–water partition coefficient (Wildman–Crippen LogP) is 2.13. The number of hydrogen-bond acceptors (Lipinski definition) is 5. The first-order valence-corrected chi connectivity index (χ1v) is 2.87. The molecule has 0 spiro atoms. The quantitative estimate of drug-likeness (QED) is 0.502. The van der Waals surface area contributed by atoms with Crippen LogP contribution in [-0.4, -0.2) is 5.11 Å². The van der Waals surface area contributed by atoms with Crippen LogP contribution in [0.15, 0.2) is 26.5 Å². The lowest BCUT2D eigenvalue weighted by atomic mass is 10.3. The number of benzene rings is 1. The Morgan fingerprint density at radius 3 is 2.55 bits per heavy atom. The van der Waals surface area contributed by atoms with E-state index in [1.54, 1.807) is 0 Å². The third kappa shape index (κ3) is 0.644. The van der Waals surface area contributed by atoms with Gasteiger partial charge in [-0.25, -0.2) is 0 Å². The summed E-state index contributed by atoms with van der Waals surface area (Å²) in [5.74, 6) is -0.0568. The number of phenolic OH excluding ortho intramolecular Hbond substituents is 1. The number of phenols is 1. The van der Waals surface area contributed by atoms with Crippen LogP contribution >= 0.6 is 0 Å². The Morgan fingerprint density at radius 1 is 1.27 bits per heavy atom. The summed E-state index contributed by atoms with van der Waals surface area (Å²) in [6.45, 7) is 0. The highest BCUT2D eigenvalue weighted by atomic mass is 17.0. The maximum absolute atomic E-state index is 10.1. The minimum absolute atomic E-state index is 0.0568. The van der Waals surface area contributed by atoms with Crippen molar-refractivity contribution in [1.29, 1.82) is 0 Å². The van der Waals surface area contributed by atoms with E-state index in [0.29, 0.717) is 0 Å². The van der Waals surface area contributed by atoms with E-state index in [9.17, 15) is 4.91 Å². The molecule has 1 heterocycles. The maximum Gasteiger partial charge on any atom is 0.269 e. The van der Waals surface area contributed by atoms with Crippen LogP contribution in [-0.2, 0) is 0 Å². The van der Waals surface area contributed by atoms with Crippen LogP contribution in [0.25, 0.3) is 11.2 Å². The van der Waals surface area contributed by atoms with Crippen LogP contribution in [0.2, 0.25) is 0 Å². The minimum Gasteiger partial charge on any atom is -0.504 e. The first-order valence-electron chi connectivity index (χ1n) is 2.87. The smallest absolute Gasteiger partial charge is 0.269 e. The number of rotatable bonds is 1.